The molecule has 0 atom stereocenters. The fourth-order valence-electron chi connectivity index (χ4n) is 0.715. The van der Waals surface area contributed by atoms with Crippen LogP contribution in [0.2, 0.25) is 0 Å². The minimum absolute atomic E-state index is 0.126. The predicted molar refractivity (Wildman–Crippen MR) is 42.7 cm³/mol. The summed E-state index contributed by atoms with van der Waals surface area (Å²) in [6, 6.07) is 0. The van der Waals surface area contributed by atoms with Crippen molar-refractivity contribution in [3.05, 3.63) is 0 Å². The molecule has 0 saturated carbocycles. The second-order valence-corrected chi connectivity index (χ2v) is 3.30. The average molecular weight is 254 g/mol. The Kier molecular flexibility index (Phi) is 5.06. The molecule has 0 fully saturated rings. The molecule has 16 heavy (non-hydrogen) atoms. The van der Waals surface area contributed by atoms with Crippen molar-refractivity contribution in [1.29, 1.82) is 0 Å². The standard InChI is InChI=1S/C8H12F6O2/c1-3-6(2,15-4-7(9,10)11)16-5-8(12,13)14/h3-5H2,1-2H3. The Labute approximate surface area is 88.5 Å². The van der Waals surface area contributed by atoms with E-state index in [1.54, 1.807) is 0 Å². The van der Waals surface area contributed by atoms with E-state index in [9.17, 15) is 26.3 Å². The van der Waals surface area contributed by atoms with Gasteiger partial charge in [0.2, 0.25) is 0 Å². The van der Waals surface area contributed by atoms with Gasteiger partial charge in [0, 0.05) is 0 Å². The molecule has 0 saturated heterocycles. The Morgan fingerprint density at radius 3 is 1.31 bits per heavy atom. The molecule has 0 heterocycles. The number of ether oxygens (including phenoxy) is 2. The van der Waals surface area contributed by atoms with Crippen LogP contribution >= 0.6 is 0 Å². The Morgan fingerprint density at radius 1 is 0.812 bits per heavy atom. The van der Waals surface area contributed by atoms with Gasteiger partial charge in [-0.1, -0.05) is 6.92 Å². The first-order valence-corrected chi connectivity index (χ1v) is 4.39. The zero-order valence-electron chi connectivity index (χ0n) is 8.71. The second-order valence-electron chi connectivity index (χ2n) is 3.30. The fourth-order valence-corrected chi connectivity index (χ4v) is 0.715. The molecule has 0 aromatic rings. The minimum Gasteiger partial charge on any atom is -0.341 e. The quantitative estimate of drug-likeness (QED) is 0.553. The summed E-state index contributed by atoms with van der Waals surface area (Å²) in [5.41, 5.74) is 0. The smallest absolute Gasteiger partial charge is 0.341 e. The molecule has 0 aromatic heterocycles. The summed E-state index contributed by atoms with van der Waals surface area (Å²) >= 11 is 0. The first-order valence-electron chi connectivity index (χ1n) is 4.39. The zero-order chi connectivity index (χ0) is 13.0. The lowest BCUT2D eigenvalue weighted by Gasteiger charge is -2.29. The third-order valence-corrected chi connectivity index (χ3v) is 1.72. The number of hydrogen-bond acceptors (Lipinski definition) is 2. The third kappa shape index (κ3) is 7.75. The van der Waals surface area contributed by atoms with Crippen molar-refractivity contribution < 1.29 is 35.8 Å². The van der Waals surface area contributed by atoms with Crippen molar-refractivity contribution in [2.24, 2.45) is 0 Å². The maximum atomic E-state index is 11.8. The minimum atomic E-state index is -4.60. The van der Waals surface area contributed by atoms with Gasteiger partial charge in [0.25, 0.3) is 0 Å². The largest absolute Gasteiger partial charge is 0.411 e. The predicted octanol–water partition coefficient (Wildman–Crippen LogP) is 3.27. The van der Waals surface area contributed by atoms with Crippen LogP contribution in [0.1, 0.15) is 20.3 Å². The summed E-state index contributed by atoms with van der Waals surface area (Å²) < 4.78 is 79.3. The van der Waals surface area contributed by atoms with Crippen LogP contribution in [0, 0.1) is 0 Å². The molecule has 0 aliphatic carbocycles. The van der Waals surface area contributed by atoms with Crippen LogP contribution in [0.3, 0.4) is 0 Å². The SMILES string of the molecule is CCC(C)(OCC(F)(F)F)OCC(F)(F)F. The van der Waals surface area contributed by atoms with Crippen molar-refractivity contribution in [3.8, 4) is 0 Å². The lowest BCUT2D eigenvalue weighted by atomic mass is 10.2. The molecule has 0 aromatic carbocycles. The van der Waals surface area contributed by atoms with E-state index in [0.29, 0.717) is 0 Å². The molecular formula is C8H12F6O2. The van der Waals surface area contributed by atoms with Gasteiger partial charge in [-0.2, -0.15) is 26.3 Å². The highest BCUT2D eigenvalue weighted by atomic mass is 19.4. The molecule has 0 radical (unpaired) electrons. The van der Waals surface area contributed by atoms with E-state index >= 15 is 0 Å². The van der Waals surface area contributed by atoms with Crippen molar-refractivity contribution in [2.45, 2.75) is 38.4 Å². The second kappa shape index (κ2) is 5.22. The van der Waals surface area contributed by atoms with Crippen LogP contribution in [0.25, 0.3) is 0 Å². The number of halogens is 6. The van der Waals surface area contributed by atoms with Gasteiger partial charge in [-0.15, -0.1) is 0 Å². The number of alkyl halides is 6. The van der Waals surface area contributed by atoms with Crippen molar-refractivity contribution in [1.82, 2.24) is 0 Å². The van der Waals surface area contributed by atoms with Crippen LogP contribution in [0.15, 0.2) is 0 Å². The summed E-state index contributed by atoms with van der Waals surface area (Å²) in [6.07, 6.45) is -9.32. The van der Waals surface area contributed by atoms with Gasteiger partial charge < -0.3 is 9.47 Å². The normalized spacial score (nSPS) is 14.2. The lowest BCUT2D eigenvalue weighted by Crippen LogP contribution is -2.38. The molecule has 0 spiro atoms. The van der Waals surface area contributed by atoms with E-state index in [2.05, 4.69) is 9.47 Å². The Bertz CT molecular complexity index is 192. The highest BCUT2D eigenvalue weighted by Crippen LogP contribution is 2.25. The molecule has 0 N–H and O–H groups in total. The van der Waals surface area contributed by atoms with Crippen LogP contribution in [0.4, 0.5) is 26.3 Å². The van der Waals surface area contributed by atoms with E-state index in [-0.39, 0.29) is 6.42 Å². The molecule has 0 amide bonds. The average Bonchev–Trinajstić information content (AvgIpc) is 2.09. The van der Waals surface area contributed by atoms with E-state index in [1.807, 2.05) is 0 Å². The zero-order valence-corrected chi connectivity index (χ0v) is 8.71. The Hall–Kier alpha value is -0.500. The summed E-state index contributed by atoms with van der Waals surface area (Å²) in [7, 11) is 0. The van der Waals surface area contributed by atoms with Gasteiger partial charge in [-0.05, 0) is 13.3 Å². The Balaban J connectivity index is 4.21. The summed E-state index contributed by atoms with van der Waals surface area (Å²) in [4.78, 5) is 0. The maximum absolute atomic E-state index is 11.8. The topological polar surface area (TPSA) is 18.5 Å². The molecule has 98 valence electrons. The van der Waals surface area contributed by atoms with E-state index in [0.717, 1.165) is 6.92 Å². The van der Waals surface area contributed by atoms with E-state index in [1.165, 1.54) is 6.92 Å². The van der Waals surface area contributed by atoms with Crippen LogP contribution in [-0.4, -0.2) is 31.4 Å². The van der Waals surface area contributed by atoms with Gasteiger partial charge in [-0.25, -0.2) is 0 Å². The summed E-state index contributed by atoms with van der Waals surface area (Å²) in [6.45, 7) is -0.887. The van der Waals surface area contributed by atoms with Crippen LogP contribution < -0.4 is 0 Å². The molecule has 0 unspecified atom stereocenters. The summed E-state index contributed by atoms with van der Waals surface area (Å²) in [5, 5.41) is 0. The molecule has 0 aliphatic rings. The maximum Gasteiger partial charge on any atom is 0.411 e. The molecule has 0 rings (SSSR count). The van der Waals surface area contributed by atoms with E-state index in [4.69, 9.17) is 0 Å². The fraction of sp³-hybridized carbons (Fsp3) is 1.00. The monoisotopic (exact) mass is 254 g/mol. The van der Waals surface area contributed by atoms with E-state index < -0.39 is 31.4 Å². The van der Waals surface area contributed by atoms with Crippen molar-refractivity contribution >= 4 is 0 Å². The Morgan fingerprint density at radius 2 is 1.12 bits per heavy atom. The molecule has 0 aliphatic heterocycles. The van der Waals surface area contributed by atoms with Crippen LogP contribution in [-0.2, 0) is 9.47 Å². The highest BCUT2D eigenvalue weighted by Gasteiger charge is 2.37. The van der Waals surface area contributed by atoms with Crippen LogP contribution in [0.5, 0.6) is 0 Å². The number of hydrogen-bond donors (Lipinski definition) is 0. The van der Waals surface area contributed by atoms with Crippen molar-refractivity contribution in [2.75, 3.05) is 13.2 Å². The third-order valence-electron chi connectivity index (χ3n) is 1.72. The van der Waals surface area contributed by atoms with Gasteiger partial charge in [0.15, 0.2) is 5.79 Å². The highest BCUT2D eigenvalue weighted by molar-refractivity contribution is 4.63. The summed E-state index contributed by atoms with van der Waals surface area (Å²) in [5.74, 6) is -1.88. The van der Waals surface area contributed by atoms with Crippen molar-refractivity contribution in [3.63, 3.8) is 0 Å². The first kappa shape index (κ1) is 15.5. The lowest BCUT2D eigenvalue weighted by molar-refractivity contribution is -0.304. The molecule has 8 heteroatoms. The van der Waals surface area contributed by atoms with Gasteiger partial charge in [-0.3, -0.25) is 0 Å². The molecular weight excluding hydrogens is 242 g/mol. The van der Waals surface area contributed by atoms with Gasteiger partial charge >= 0.3 is 12.4 Å². The van der Waals surface area contributed by atoms with Gasteiger partial charge in [0.1, 0.15) is 13.2 Å². The number of rotatable bonds is 5. The first-order chi connectivity index (χ1) is 6.97. The van der Waals surface area contributed by atoms with Gasteiger partial charge in [0.05, 0.1) is 0 Å². The molecule has 0 bridgehead atoms. The molecule has 2 nitrogen and oxygen atoms in total.